The highest BCUT2D eigenvalue weighted by atomic mass is 35.5. The number of amides is 2. The lowest BCUT2D eigenvalue weighted by atomic mass is 10.1. The second kappa shape index (κ2) is 8.69. The highest BCUT2D eigenvalue weighted by Crippen LogP contribution is 2.24. The molecule has 26 heavy (non-hydrogen) atoms. The van der Waals surface area contributed by atoms with E-state index in [1.54, 1.807) is 35.2 Å². The van der Waals surface area contributed by atoms with Crippen LogP contribution < -0.4 is 10.1 Å². The number of nitrogens with one attached hydrogen (secondary N) is 1. The quantitative estimate of drug-likeness (QED) is 0.873. The van der Waals surface area contributed by atoms with Crippen molar-refractivity contribution in [2.24, 2.45) is 0 Å². The Balaban J connectivity index is 1.63. The van der Waals surface area contributed by atoms with Crippen molar-refractivity contribution >= 4 is 29.1 Å². The normalized spacial score (nSPS) is 14.0. The molecule has 2 aromatic rings. The van der Waals surface area contributed by atoms with E-state index in [0.29, 0.717) is 48.3 Å². The van der Waals surface area contributed by atoms with E-state index in [1.165, 1.54) is 0 Å². The van der Waals surface area contributed by atoms with Gasteiger partial charge in [0.1, 0.15) is 5.75 Å². The average Bonchev–Trinajstić information content (AvgIpc) is 2.69. The minimum Gasteiger partial charge on any atom is -0.484 e. The molecule has 1 saturated heterocycles. The summed E-state index contributed by atoms with van der Waals surface area (Å²) in [6.07, 6.45) is 0. The Morgan fingerprint density at radius 1 is 1.12 bits per heavy atom. The first-order valence-corrected chi connectivity index (χ1v) is 8.65. The van der Waals surface area contributed by atoms with Gasteiger partial charge in [0, 0.05) is 18.7 Å². The van der Waals surface area contributed by atoms with Gasteiger partial charge < -0.3 is 19.7 Å². The average molecular weight is 375 g/mol. The van der Waals surface area contributed by atoms with Crippen LogP contribution in [-0.2, 0) is 9.53 Å². The zero-order valence-electron chi connectivity index (χ0n) is 14.1. The maximum absolute atomic E-state index is 12.5. The molecule has 0 aromatic heterocycles. The number of benzene rings is 2. The Morgan fingerprint density at radius 2 is 1.85 bits per heavy atom. The first kappa shape index (κ1) is 18.2. The topological polar surface area (TPSA) is 67.9 Å². The van der Waals surface area contributed by atoms with Crippen LogP contribution >= 0.6 is 11.6 Å². The Labute approximate surface area is 156 Å². The molecular weight excluding hydrogens is 356 g/mol. The number of nitrogens with zero attached hydrogens (tertiary/aromatic N) is 1. The molecule has 3 rings (SSSR count). The Bertz CT molecular complexity index is 776. The number of para-hydroxylation sites is 1. The first-order chi connectivity index (χ1) is 12.6. The lowest BCUT2D eigenvalue weighted by Gasteiger charge is -2.27. The number of morpholine rings is 1. The minimum absolute atomic E-state index is 0.110. The second-order valence-corrected chi connectivity index (χ2v) is 6.16. The molecule has 0 aliphatic carbocycles. The Morgan fingerprint density at radius 3 is 2.58 bits per heavy atom. The fraction of sp³-hybridized carbons (Fsp3) is 0.263. The highest BCUT2D eigenvalue weighted by molar-refractivity contribution is 6.33. The van der Waals surface area contributed by atoms with E-state index in [4.69, 9.17) is 21.1 Å². The monoisotopic (exact) mass is 374 g/mol. The van der Waals surface area contributed by atoms with Gasteiger partial charge in [-0.2, -0.15) is 0 Å². The molecule has 2 amide bonds. The maximum Gasteiger partial charge on any atom is 0.262 e. The van der Waals surface area contributed by atoms with Gasteiger partial charge in [-0.05, 0) is 30.3 Å². The molecular formula is C19H19ClN2O4. The minimum atomic E-state index is -0.355. The molecule has 0 spiro atoms. The van der Waals surface area contributed by atoms with E-state index in [0.717, 1.165) is 0 Å². The number of hydrogen-bond donors (Lipinski definition) is 1. The number of rotatable bonds is 5. The molecule has 0 bridgehead atoms. The van der Waals surface area contributed by atoms with Crippen LogP contribution in [0.15, 0.2) is 48.5 Å². The van der Waals surface area contributed by atoms with Gasteiger partial charge in [0.05, 0.1) is 23.9 Å². The molecule has 2 aromatic carbocycles. The molecule has 7 heteroatoms. The Hall–Kier alpha value is -2.57. The molecule has 0 radical (unpaired) electrons. The summed E-state index contributed by atoms with van der Waals surface area (Å²) in [7, 11) is 0. The van der Waals surface area contributed by atoms with E-state index in [9.17, 15) is 9.59 Å². The molecule has 6 nitrogen and oxygen atoms in total. The third-order valence-corrected chi connectivity index (χ3v) is 4.23. The van der Waals surface area contributed by atoms with Gasteiger partial charge in [0.2, 0.25) is 0 Å². The van der Waals surface area contributed by atoms with E-state index >= 15 is 0 Å². The molecule has 1 aliphatic heterocycles. The number of carbonyl (C=O) groups is 2. The van der Waals surface area contributed by atoms with Gasteiger partial charge in [0.15, 0.2) is 6.61 Å². The van der Waals surface area contributed by atoms with Gasteiger partial charge in [-0.15, -0.1) is 0 Å². The first-order valence-electron chi connectivity index (χ1n) is 8.28. The van der Waals surface area contributed by atoms with Crippen molar-refractivity contribution in [3.05, 3.63) is 59.1 Å². The van der Waals surface area contributed by atoms with Gasteiger partial charge in [0.25, 0.3) is 11.8 Å². The van der Waals surface area contributed by atoms with Crippen molar-refractivity contribution in [3.63, 3.8) is 0 Å². The van der Waals surface area contributed by atoms with E-state index in [-0.39, 0.29) is 18.4 Å². The van der Waals surface area contributed by atoms with E-state index < -0.39 is 0 Å². The number of halogens is 1. The van der Waals surface area contributed by atoms with Gasteiger partial charge in [-0.25, -0.2) is 0 Å². The lowest BCUT2D eigenvalue weighted by molar-refractivity contribution is -0.118. The molecule has 0 atom stereocenters. The van der Waals surface area contributed by atoms with Crippen LogP contribution in [-0.4, -0.2) is 49.6 Å². The van der Waals surface area contributed by atoms with Crippen molar-refractivity contribution in [3.8, 4) is 5.75 Å². The van der Waals surface area contributed by atoms with Crippen LogP contribution in [0.25, 0.3) is 0 Å². The maximum atomic E-state index is 12.5. The van der Waals surface area contributed by atoms with Crippen LogP contribution in [0.4, 0.5) is 5.69 Å². The number of carbonyl (C=O) groups excluding carboxylic acids is 2. The molecule has 1 fully saturated rings. The van der Waals surface area contributed by atoms with E-state index in [2.05, 4.69) is 5.32 Å². The van der Waals surface area contributed by atoms with Crippen LogP contribution in [0.5, 0.6) is 5.75 Å². The van der Waals surface area contributed by atoms with Crippen LogP contribution in [0.2, 0.25) is 5.02 Å². The van der Waals surface area contributed by atoms with Crippen LogP contribution in [0, 0.1) is 0 Å². The summed E-state index contributed by atoms with van der Waals surface area (Å²) in [4.78, 5) is 26.4. The molecule has 0 saturated carbocycles. The van der Waals surface area contributed by atoms with Crippen molar-refractivity contribution in [2.45, 2.75) is 0 Å². The molecule has 0 unspecified atom stereocenters. The van der Waals surface area contributed by atoms with Crippen LogP contribution in [0.3, 0.4) is 0 Å². The Kier molecular flexibility index (Phi) is 6.09. The van der Waals surface area contributed by atoms with Gasteiger partial charge in [-0.1, -0.05) is 29.8 Å². The van der Waals surface area contributed by atoms with Gasteiger partial charge >= 0.3 is 0 Å². The standard InChI is InChI=1S/C19H19ClN2O4/c20-16-7-6-14(19(24)22-8-10-25-11-9-22)12-17(16)21-18(23)13-26-15-4-2-1-3-5-15/h1-7,12H,8-11,13H2,(H,21,23). The van der Waals surface area contributed by atoms with Crippen molar-refractivity contribution in [1.82, 2.24) is 4.90 Å². The summed E-state index contributed by atoms with van der Waals surface area (Å²) >= 11 is 6.15. The summed E-state index contributed by atoms with van der Waals surface area (Å²) in [5, 5.41) is 3.05. The number of hydrogen-bond acceptors (Lipinski definition) is 4. The smallest absolute Gasteiger partial charge is 0.262 e. The van der Waals surface area contributed by atoms with Crippen LogP contribution in [0.1, 0.15) is 10.4 Å². The van der Waals surface area contributed by atoms with Crippen molar-refractivity contribution in [1.29, 1.82) is 0 Å². The summed E-state index contributed by atoms with van der Waals surface area (Å²) < 4.78 is 10.7. The zero-order chi connectivity index (χ0) is 18.4. The summed E-state index contributed by atoms with van der Waals surface area (Å²) in [6.45, 7) is 2.00. The lowest BCUT2D eigenvalue weighted by Crippen LogP contribution is -2.40. The SMILES string of the molecule is O=C(COc1ccccc1)Nc1cc(C(=O)N2CCOCC2)ccc1Cl. The number of ether oxygens (including phenoxy) is 2. The predicted molar refractivity (Wildman–Crippen MR) is 98.7 cm³/mol. The van der Waals surface area contributed by atoms with E-state index in [1.807, 2.05) is 18.2 Å². The third-order valence-electron chi connectivity index (χ3n) is 3.90. The molecule has 1 heterocycles. The zero-order valence-corrected chi connectivity index (χ0v) is 14.9. The van der Waals surface area contributed by atoms with Gasteiger partial charge in [-0.3, -0.25) is 9.59 Å². The second-order valence-electron chi connectivity index (χ2n) is 5.75. The fourth-order valence-corrected chi connectivity index (χ4v) is 2.72. The molecule has 1 aliphatic rings. The molecule has 1 N–H and O–H groups in total. The molecule has 136 valence electrons. The van der Waals surface area contributed by atoms with Crippen molar-refractivity contribution in [2.75, 3.05) is 38.2 Å². The number of anilines is 1. The highest BCUT2D eigenvalue weighted by Gasteiger charge is 2.19. The van der Waals surface area contributed by atoms with Crippen molar-refractivity contribution < 1.29 is 19.1 Å². The predicted octanol–water partition coefficient (Wildman–Crippen LogP) is 2.83. The summed E-state index contributed by atoms with van der Waals surface area (Å²) in [5.41, 5.74) is 0.850. The summed E-state index contributed by atoms with van der Waals surface area (Å²) in [5.74, 6) is 0.137. The summed E-state index contributed by atoms with van der Waals surface area (Å²) in [6, 6.07) is 13.9. The fourth-order valence-electron chi connectivity index (χ4n) is 2.56. The largest absolute Gasteiger partial charge is 0.484 e. The third kappa shape index (κ3) is 4.74.